The van der Waals surface area contributed by atoms with Gasteiger partial charge in [0.05, 0.1) is 10.5 Å². The maximum absolute atomic E-state index is 12.0. The maximum atomic E-state index is 12.0. The van der Waals surface area contributed by atoms with Crippen molar-refractivity contribution in [1.82, 2.24) is 4.72 Å². The van der Waals surface area contributed by atoms with E-state index in [0.717, 1.165) is 12.8 Å². The molecule has 0 amide bonds. The van der Waals surface area contributed by atoms with Gasteiger partial charge in [-0.2, -0.15) is 0 Å². The van der Waals surface area contributed by atoms with E-state index >= 15 is 0 Å². The minimum Gasteiger partial charge on any atom is -0.389 e. The lowest BCUT2D eigenvalue weighted by atomic mass is 10.0. The zero-order chi connectivity index (χ0) is 13.4. The van der Waals surface area contributed by atoms with E-state index < -0.39 is 15.6 Å². The molecule has 0 saturated heterocycles. The molecule has 0 aromatic heterocycles. The lowest BCUT2D eigenvalue weighted by molar-refractivity contribution is 0.0422. The average Bonchev–Trinajstić information content (AvgIpc) is 3.11. The summed E-state index contributed by atoms with van der Waals surface area (Å²) in [6, 6.07) is 6.05. The van der Waals surface area contributed by atoms with Crippen molar-refractivity contribution < 1.29 is 13.5 Å². The van der Waals surface area contributed by atoms with Crippen molar-refractivity contribution in [1.29, 1.82) is 0 Å². The Kier molecular flexibility index (Phi) is 3.69. The third-order valence-electron chi connectivity index (χ3n) is 3.18. The van der Waals surface area contributed by atoms with Gasteiger partial charge in [-0.05, 0) is 43.9 Å². The molecule has 6 heteroatoms. The summed E-state index contributed by atoms with van der Waals surface area (Å²) in [5.41, 5.74) is -0.981. The zero-order valence-electron chi connectivity index (χ0n) is 10.1. The number of rotatable bonds is 5. The Morgan fingerprint density at radius 2 is 2.17 bits per heavy atom. The van der Waals surface area contributed by atoms with Crippen molar-refractivity contribution in [3.8, 4) is 0 Å². The van der Waals surface area contributed by atoms with Crippen LogP contribution in [0.1, 0.15) is 19.8 Å². The predicted molar refractivity (Wildman–Crippen MR) is 70.0 cm³/mol. The minimum absolute atomic E-state index is 0.0204. The Morgan fingerprint density at radius 1 is 1.50 bits per heavy atom. The lowest BCUT2D eigenvalue weighted by Crippen LogP contribution is -2.42. The Bertz CT molecular complexity index is 538. The molecule has 0 spiro atoms. The van der Waals surface area contributed by atoms with Crippen LogP contribution in [0, 0.1) is 5.92 Å². The normalized spacial score (nSPS) is 19.5. The van der Waals surface area contributed by atoms with E-state index in [-0.39, 0.29) is 17.4 Å². The molecule has 0 bridgehead atoms. The summed E-state index contributed by atoms with van der Waals surface area (Å²) in [6.45, 7) is 1.68. The van der Waals surface area contributed by atoms with Gasteiger partial charge < -0.3 is 5.11 Å². The number of hydrogen-bond donors (Lipinski definition) is 2. The molecule has 1 atom stereocenters. The zero-order valence-corrected chi connectivity index (χ0v) is 11.6. The molecule has 1 saturated carbocycles. The molecule has 1 aromatic carbocycles. The highest BCUT2D eigenvalue weighted by atomic mass is 35.5. The highest BCUT2D eigenvalue weighted by Crippen LogP contribution is 2.39. The molecule has 0 aliphatic heterocycles. The van der Waals surface area contributed by atoms with Gasteiger partial charge in [0.25, 0.3) is 0 Å². The van der Waals surface area contributed by atoms with Crippen LogP contribution in [-0.4, -0.2) is 25.7 Å². The van der Waals surface area contributed by atoms with Gasteiger partial charge in [0.1, 0.15) is 0 Å². The molecule has 1 aromatic rings. The summed E-state index contributed by atoms with van der Waals surface area (Å²) in [5, 5.41) is 10.4. The SMILES string of the molecule is CC(O)(CNS(=O)(=O)c1cccc(Cl)c1)C1CC1. The van der Waals surface area contributed by atoms with Crippen LogP contribution in [0.3, 0.4) is 0 Å². The van der Waals surface area contributed by atoms with Crippen LogP contribution in [0.15, 0.2) is 29.2 Å². The predicted octanol–water partition coefficient (Wildman–Crippen LogP) is 1.78. The van der Waals surface area contributed by atoms with Crippen molar-refractivity contribution in [3.05, 3.63) is 29.3 Å². The summed E-state index contributed by atoms with van der Waals surface area (Å²) < 4.78 is 26.4. The first-order chi connectivity index (χ1) is 8.31. The quantitative estimate of drug-likeness (QED) is 0.868. The highest BCUT2D eigenvalue weighted by molar-refractivity contribution is 7.89. The second kappa shape index (κ2) is 4.81. The molecule has 1 aliphatic rings. The van der Waals surface area contributed by atoms with Crippen LogP contribution < -0.4 is 4.72 Å². The van der Waals surface area contributed by atoms with E-state index in [1.165, 1.54) is 12.1 Å². The van der Waals surface area contributed by atoms with E-state index in [0.29, 0.717) is 5.02 Å². The third kappa shape index (κ3) is 3.23. The number of sulfonamides is 1. The molecule has 1 unspecified atom stereocenters. The molecule has 1 fully saturated rings. The minimum atomic E-state index is -3.62. The molecule has 2 N–H and O–H groups in total. The second-order valence-electron chi connectivity index (χ2n) is 4.91. The van der Waals surface area contributed by atoms with Crippen molar-refractivity contribution in [2.24, 2.45) is 5.92 Å². The average molecular weight is 290 g/mol. The Hall–Kier alpha value is -0.620. The fourth-order valence-electron chi connectivity index (χ4n) is 1.81. The van der Waals surface area contributed by atoms with Crippen molar-refractivity contribution in [3.63, 3.8) is 0 Å². The fourth-order valence-corrected chi connectivity index (χ4v) is 3.25. The molecule has 2 rings (SSSR count). The van der Waals surface area contributed by atoms with Gasteiger partial charge in [-0.1, -0.05) is 17.7 Å². The summed E-state index contributed by atoms with van der Waals surface area (Å²) in [6.07, 6.45) is 1.90. The smallest absolute Gasteiger partial charge is 0.240 e. The van der Waals surface area contributed by atoms with Gasteiger partial charge >= 0.3 is 0 Å². The van der Waals surface area contributed by atoms with Crippen LogP contribution in [-0.2, 0) is 10.0 Å². The van der Waals surface area contributed by atoms with E-state index in [4.69, 9.17) is 11.6 Å². The van der Waals surface area contributed by atoms with Gasteiger partial charge in [-0.25, -0.2) is 13.1 Å². The van der Waals surface area contributed by atoms with Gasteiger partial charge in [0.15, 0.2) is 0 Å². The number of hydrogen-bond acceptors (Lipinski definition) is 3. The molecule has 0 heterocycles. The summed E-state index contributed by atoms with van der Waals surface area (Å²) in [7, 11) is -3.62. The summed E-state index contributed by atoms with van der Waals surface area (Å²) in [5.74, 6) is 0.194. The highest BCUT2D eigenvalue weighted by Gasteiger charge is 2.40. The van der Waals surface area contributed by atoms with Crippen LogP contribution in [0.25, 0.3) is 0 Å². The van der Waals surface area contributed by atoms with E-state index in [9.17, 15) is 13.5 Å². The van der Waals surface area contributed by atoms with Crippen LogP contribution >= 0.6 is 11.6 Å². The number of nitrogens with one attached hydrogen (secondary N) is 1. The monoisotopic (exact) mass is 289 g/mol. The standard InChI is InChI=1S/C12H16ClNO3S/c1-12(15,9-5-6-9)8-14-18(16,17)11-4-2-3-10(13)7-11/h2-4,7,9,14-15H,5-6,8H2,1H3. The topological polar surface area (TPSA) is 66.4 Å². The molecule has 1 aliphatic carbocycles. The van der Waals surface area contributed by atoms with E-state index in [1.54, 1.807) is 19.1 Å². The summed E-state index contributed by atoms with van der Waals surface area (Å²) >= 11 is 5.76. The second-order valence-corrected chi connectivity index (χ2v) is 7.12. The first kappa shape index (κ1) is 13.8. The Morgan fingerprint density at radius 3 is 2.72 bits per heavy atom. The molecule has 18 heavy (non-hydrogen) atoms. The van der Waals surface area contributed by atoms with Crippen molar-refractivity contribution >= 4 is 21.6 Å². The molecule has 4 nitrogen and oxygen atoms in total. The largest absolute Gasteiger partial charge is 0.389 e. The summed E-state index contributed by atoms with van der Waals surface area (Å²) in [4.78, 5) is 0.113. The number of aliphatic hydroxyl groups is 1. The number of halogens is 1. The van der Waals surface area contributed by atoms with Gasteiger partial charge in [-0.15, -0.1) is 0 Å². The molecular formula is C12H16ClNO3S. The van der Waals surface area contributed by atoms with Crippen LogP contribution in [0.2, 0.25) is 5.02 Å². The Balaban J connectivity index is 2.08. The van der Waals surface area contributed by atoms with Crippen LogP contribution in [0.5, 0.6) is 0 Å². The molecule has 0 radical (unpaired) electrons. The first-order valence-electron chi connectivity index (χ1n) is 5.79. The number of benzene rings is 1. The Labute approximate surface area is 112 Å². The van der Waals surface area contributed by atoms with E-state index in [2.05, 4.69) is 4.72 Å². The maximum Gasteiger partial charge on any atom is 0.240 e. The third-order valence-corrected chi connectivity index (χ3v) is 4.82. The molecule has 100 valence electrons. The van der Waals surface area contributed by atoms with Gasteiger partial charge in [0.2, 0.25) is 10.0 Å². The van der Waals surface area contributed by atoms with Crippen molar-refractivity contribution in [2.45, 2.75) is 30.3 Å². The van der Waals surface area contributed by atoms with Gasteiger partial charge in [0, 0.05) is 11.6 Å². The van der Waals surface area contributed by atoms with Crippen LogP contribution in [0.4, 0.5) is 0 Å². The van der Waals surface area contributed by atoms with E-state index in [1.807, 2.05) is 0 Å². The first-order valence-corrected chi connectivity index (χ1v) is 7.65. The van der Waals surface area contributed by atoms with Gasteiger partial charge in [-0.3, -0.25) is 0 Å². The molecular weight excluding hydrogens is 274 g/mol. The lowest BCUT2D eigenvalue weighted by Gasteiger charge is -2.23. The fraction of sp³-hybridized carbons (Fsp3) is 0.500. The van der Waals surface area contributed by atoms with Crippen molar-refractivity contribution in [2.75, 3.05) is 6.54 Å².